The maximum atomic E-state index is 11.8. The molecule has 1 unspecified atom stereocenters. The van der Waals surface area contributed by atoms with Crippen LogP contribution in [0.15, 0.2) is 36.5 Å². The predicted molar refractivity (Wildman–Crippen MR) is 86.8 cm³/mol. The minimum Gasteiger partial charge on any atom is -0.465 e. The lowest BCUT2D eigenvalue weighted by Gasteiger charge is -2.08. The van der Waals surface area contributed by atoms with E-state index in [1.165, 1.54) is 0 Å². The average Bonchev–Trinajstić information content (AvgIpc) is 3.24. The van der Waals surface area contributed by atoms with E-state index in [1.54, 1.807) is 0 Å². The van der Waals surface area contributed by atoms with Gasteiger partial charge in [0.15, 0.2) is 0 Å². The van der Waals surface area contributed by atoms with E-state index in [0.717, 1.165) is 30.6 Å². The molecule has 1 atom stereocenters. The van der Waals surface area contributed by atoms with E-state index in [0.29, 0.717) is 6.54 Å². The number of aromatic nitrogens is 3. The van der Waals surface area contributed by atoms with Gasteiger partial charge < -0.3 is 10.1 Å². The molecule has 2 aromatic rings. The molecule has 24 heavy (non-hydrogen) atoms. The van der Waals surface area contributed by atoms with E-state index < -0.39 is 0 Å². The highest BCUT2D eigenvalue weighted by Crippen LogP contribution is 2.15. The third-order valence-electron chi connectivity index (χ3n) is 3.95. The lowest BCUT2D eigenvalue weighted by Crippen LogP contribution is -2.31. The number of nitrogens with one attached hydrogen (secondary N) is 1. The third-order valence-corrected chi connectivity index (χ3v) is 3.95. The van der Waals surface area contributed by atoms with Crippen molar-refractivity contribution in [2.45, 2.75) is 25.8 Å². The first-order valence-electron chi connectivity index (χ1n) is 8.11. The molecule has 0 radical (unpaired) electrons. The Morgan fingerprint density at radius 3 is 2.88 bits per heavy atom. The van der Waals surface area contributed by atoms with E-state index in [-0.39, 0.29) is 30.8 Å². The minimum absolute atomic E-state index is 0.104. The van der Waals surface area contributed by atoms with Gasteiger partial charge in [-0.2, -0.15) is 0 Å². The van der Waals surface area contributed by atoms with Crippen LogP contribution < -0.4 is 5.32 Å². The van der Waals surface area contributed by atoms with E-state index in [2.05, 4.69) is 15.6 Å². The van der Waals surface area contributed by atoms with Crippen LogP contribution in [0, 0.1) is 5.92 Å². The number of carbonyl (C=O) groups is 2. The molecule has 3 rings (SSSR count). The quantitative estimate of drug-likeness (QED) is 0.613. The second-order valence-electron chi connectivity index (χ2n) is 5.82. The lowest BCUT2D eigenvalue weighted by atomic mass is 10.1. The smallest absolute Gasteiger partial charge is 0.306 e. The summed E-state index contributed by atoms with van der Waals surface area (Å²) < 4.78 is 6.61. The Bertz CT molecular complexity index is 699. The second-order valence-corrected chi connectivity index (χ2v) is 5.82. The van der Waals surface area contributed by atoms with E-state index in [9.17, 15) is 9.59 Å². The highest BCUT2D eigenvalue weighted by atomic mass is 16.5. The van der Waals surface area contributed by atoms with Crippen molar-refractivity contribution in [1.82, 2.24) is 20.3 Å². The topological polar surface area (TPSA) is 86.1 Å². The van der Waals surface area contributed by atoms with Crippen LogP contribution in [0.2, 0.25) is 0 Å². The molecule has 7 nitrogen and oxygen atoms in total. The predicted octanol–water partition coefficient (Wildman–Crippen LogP) is 1.40. The van der Waals surface area contributed by atoms with E-state index >= 15 is 0 Å². The summed E-state index contributed by atoms with van der Waals surface area (Å²) in [6.07, 6.45) is 3.84. The molecule has 1 amide bonds. The van der Waals surface area contributed by atoms with Crippen molar-refractivity contribution in [3.8, 4) is 11.3 Å². The monoisotopic (exact) mass is 328 g/mol. The summed E-state index contributed by atoms with van der Waals surface area (Å²) in [5.74, 6) is -0.732. The van der Waals surface area contributed by atoms with Crippen molar-refractivity contribution in [3.63, 3.8) is 0 Å². The highest BCUT2D eigenvalue weighted by molar-refractivity contribution is 5.86. The molecule has 1 fully saturated rings. The molecule has 1 aromatic carbocycles. The first kappa shape index (κ1) is 16.2. The van der Waals surface area contributed by atoms with Gasteiger partial charge in [-0.25, -0.2) is 0 Å². The number of esters is 1. The normalized spacial score (nSPS) is 16.8. The van der Waals surface area contributed by atoms with Gasteiger partial charge in [-0.3, -0.25) is 14.3 Å². The number of rotatable bonds is 7. The number of unbranched alkanes of at least 4 members (excludes halogenated alkanes) is 1. The minimum atomic E-state index is -0.332. The zero-order valence-corrected chi connectivity index (χ0v) is 13.4. The van der Waals surface area contributed by atoms with Gasteiger partial charge in [0, 0.05) is 18.7 Å². The molecule has 1 aliphatic heterocycles. The van der Waals surface area contributed by atoms with Crippen molar-refractivity contribution in [2.75, 3.05) is 13.2 Å². The molecular weight excluding hydrogens is 308 g/mol. The van der Waals surface area contributed by atoms with E-state index in [1.807, 2.05) is 41.2 Å². The summed E-state index contributed by atoms with van der Waals surface area (Å²) in [4.78, 5) is 22.8. The average molecular weight is 328 g/mol. The van der Waals surface area contributed by atoms with Crippen LogP contribution in [0.25, 0.3) is 11.3 Å². The number of amides is 1. The van der Waals surface area contributed by atoms with Crippen molar-refractivity contribution in [1.29, 1.82) is 0 Å². The molecule has 0 bridgehead atoms. The zero-order valence-electron chi connectivity index (χ0n) is 13.4. The first-order valence-corrected chi connectivity index (χ1v) is 8.11. The molecule has 0 saturated carbocycles. The second kappa shape index (κ2) is 7.72. The van der Waals surface area contributed by atoms with Crippen molar-refractivity contribution >= 4 is 11.9 Å². The van der Waals surface area contributed by atoms with Gasteiger partial charge in [0.25, 0.3) is 0 Å². The number of aryl methyl sites for hydroxylation is 1. The Labute approximate surface area is 140 Å². The van der Waals surface area contributed by atoms with Gasteiger partial charge in [-0.15, -0.1) is 5.10 Å². The van der Waals surface area contributed by atoms with Gasteiger partial charge in [-0.05, 0) is 12.8 Å². The number of hydrogen-bond donors (Lipinski definition) is 1. The van der Waals surface area contributed by atoms with Gasteiger partial charge in [-0.1, -0.05) is 35.5 Å². The molecule has 1 N–H and O–H groups in total. The number of benzene rings is 1. The Hall–Kier alpha value is -2.70. The summed E-state index contributed by atoms with van der Waals surface area (Å²) in [7, 11) is 0. The van der Waals surface area contributed by atoms with Crippen LogP contribution in [0.1, 0.15) is 19.3 Å². The Morgan fingerprint density at radius 1 is 1.29 bits per heavy atom. The number of hydrogen-bond acceptors (Lipinski definition) is 5. The summed E-state index contributed by atoms with van der Waals surface area (Å²) >= 11 is 0. The Morgan fingerprint density at radius 2 is 2.12 bits per heavy atom. The van der Waals surface area contributed by atoms with Crippen LogP contribution in [0.5, 0.6) is 0 Å². The third kappa shape index (κ3) is 4.18. The summed E-state index contributed by atoms with van der Waals surface area (Å²) in [6, 6.07) is 9.92. The molecule has 1 saturated heterocycles. The molecular formula is C17H20N4O3. The van der Waals surface area contributed by atoms with Crippen molar-refractivity contribution < 1.29 is 14.3 Å². The van der Waals surface area contributed by atoms with Crippen LogP contribution in [-0.2, 0) is 20.9 Å². The standard InChI is InChI=1S/C17H20N4O3/c22-16-10-14(12-24-16)17(23)18-8-4-5-9-21-11-15(19-20-21)13-6-2-1-3-7-13/h1-3,6-7,11,14H,4-5,8-10,12H2,(H,18,23). The molecule has 0 spiro atoms. The van der Waals surface area contributed by atoms with Gasteiger partial charge >= 0.3 is 5.97 Å². The molecule has 1 aromatic heterocycles. The fraction of sp³-hybridized carbons (Fsp3) is 0.412. The number of carbonyl (C=O) groups excluding carboxylic acids is 2. The molecule has 7 heteroatoms. The fourth-order valence-corrected chi connectivity index (χ4v) is 2.58. The summed E-state index contributed by atoms with van der Waals surface area (Å²) in [5, 5.41) is 11.1. The van der Waals surface area contributed by atoms with Gasteiger partial charge in [0.2, 0.25) is 5.91 Å². The maximum absolute atomic E-state index is 11.8. The molecule has 1 aliphatic rings. The zero-order chi connectivity index (χ0) is 16.8. The highest BCUT2D eigenvalue weighted by Gasteiger charge is 2.29. The molecule has 126 valence electrons. The van der Waals surface area contributed by atoms with Crippen molar-refractivity contribution in [2.24, 2.45) is 5.92 Å². The van der Waals surface area contributed by atoms with Crippen molar-refractivity contribution in [3.05, 3.63) is 36.5 Å². The Balaban J connectivity index is 1.36. The van der Waals surface area contributed by atoms with Crippen LogP contribution in [0.4, 0.5) is 0 Å². The maximum Gasteiger partial charge on any atom is 0.306 e. The SMILES string of the molecule is O=C1CC(C(=O)NCCCCn2cc(-c3ccccc3)nn2)CO1. The molecule has 2 heterocycles. The summed E-state index contributed by atoms with van der Waals surface area (Å²) in [6.45, 7) is 1.54. The van der Waals surface area contributed by atoms with Crippen LogP contribution in [0.3, 0.4) is 0 Å². The van der Waals surface area contributed by atoms with Gasteiger partial charge in [0.05, 0.1) is 18.5 Å². The summed E-state index contributed by atoms with van der Waals surface area (Å²) in [5.41, 5.74) is 1.90. The largest absolute Gasteiger partial charge is 0.465 e. The number of ether oxygens (including phenoxy) is 1. The number of cyclic esters (lactones) is 1. The fourth-order valence-electron chi connectivity index (χ4n) is 2.58. The molecule has 0 aliphatic carbocycles. The van der Waals surface area contributed by atoms with Crippen LogP contribution in [-0.4, -0.2) is 40.0 Å². The van der Waals surface area contributed by atoms with Crippen LogP contribution >= 0.6 is 0 Å². The first-order chi connectivity index (χ1) is 11.7. The lowest BCUT2D eigenvalue weighted by molar-refractivity contribution is -0.137. The number of nitrogens with zero attached hydrogens (tertiary/aromatic N) is 3. The Kier molecular flexibility index (Phi) is 5.20. The van der Waals surface area contributed by atoms with E-state index in [4.69, 9.17) is 4.74 Å². The van der Waals surface area contributed by atoms with Gasteiger partial charge in [0.1, 0.15) is 12.3 Å².